The van der Waals surface area contributed by atoms with Crippen molar-refractivity contribution < 1.29 is 0 Å². The van der Waals surface area contributed by atoms with Gasteiger partial charge in [0.2, 0.25) is 5.16 Å². The van der Waals surface area contributed by atoms with E-state index in [0.29, 0.717) is 0 Å². The molecule has 1 rings (SSSR count). The molecule has 1 aromatic heterocycles. The minimum atomic E-state index is 0.177. The number of aryl methyl sites for hydroxylation is 1. The van der Waals surface area contributed by atoms with Crippen molar-refractivity contribution in [1.82, 2.24) is 20.2 Å². The predicted molar refractivity (Wildman–Crippen MR) is 43.2 cm³/mol. The van der Waals surface area contributed by atoms with Crippen LogP contribution in [0.1, 0.15) is 6.92 Å². The molecule has 0 spiro atoms. The van der Waals surface area contributed by atoms with E-state index in [1.807, 2.05) is 14.0 Å². The fourth-order valence-electron chi connectivity index (χ4n) is 0.550. The third kappa shape index (κ3) is 2.47. The highest BCUT2D eigenvalue weighted by Crippen LogP contribution is 2.12. The van der Waals surface area contributed by atoms with Gasteiger partial charge >= 0.3 is 0 Å². The average molecular weight is 173 g/mol. The minimum absolute atomic E-state index is 0.177. The first kappa shape index (κ1) is 8.48. The maximum absolute atomic E-state index is 5.56. The van der Waals surface area contributed by atoms with E-state index in [2.05, 4.69) is 15.5 Å². The SMILES string of the molecule is C[C@H](N)CSc1nnnn1C. The number of hydrogen-bond acceptors (Lipinski definition) is 5. The number of nitrogens with zero attached hydrogens (tertiary/aromatic N) is 4. The number of rotatable bonds is 3. The van der Waals surface area contributed by atoms with Gasteiger partial charge in [0.15, 0.2) is 0 Å². The monoisotopic (exact) mass is 173 g/mol. The molecular weight excluding hydrogens is 162 g/mol. The van der Waals surface area contributed by atoms with Crippen molar-refractivity contribution in [3.05, 3.63) is 0 Å². The molecule has 0 saturated heterocycles. The van der Waals surface area contributed by atoms with Gasteiger partial charge in [0, 0.05) is 18.8 Å². The highest BCUT2D eigenvalue weighted by atomic mass is 32.2. The molecule has 1 heterocycles. The fraction of sp³-hybridized carbons (Fsp3) is 0.800. The Balaban J connectivity index is 2.44. The van der Waals surface area contributed by atoms with E-state index in [4.69, 9.17) is 5.73 Å². The molecule has 2 N–H and O–H groups in total. The van der Waals surface area contributed by atoms with Crippen LogP contribution >= 0.6 is 11.8 Å². The zero-order valence-corrected chi connectivity index (χ0v) is 7.38. The molecule has 0 aliphatic carbocycles. The third-order valence-electron chi connectivity index (χ3n) is 1.06. The van der Waals surface area contributed by atoms with Crippen LogP contribution in [0.15, 0.2) is 5.16 Å². The lowest BCUT2D eigenvalue weighted by Gasteiger charge is -2.01. The van der Waals surface area contributed by atoms with Gasteiger partial charge in [-0.3, -0.25) is 0 Å². The Hall–Kier alpha value is -0.620. The zero-order chi connectivity index (χ0) is 8.27. The molecule has 0 aliphatic rings. The lowest BCUT2D eigenvalue weighted by Crippen LogP contribution is -2.17. The van der Waals surface area contributed by atoms with E-state index >= 15 is 0 Å². The maximum Gasteiger partial charge on any atom is 0.209 e. The van der Waals surface area contributed by atoms with Gasteiger partial charge in [0.05, 0.1) is 0 Å². The van der Waals surface area contributed by atoms with Crippen molar-refractivity contribution in [1.29, 1.82) is 0 Å². The number of nitrogens with two attached hydrogens (primary N) is 1. The summed E-state index contributed by atoms with van der Waals surface area (Å²) < 4.78 is 1.63. The number of thioether (sulfide) groups is 1. The van der Waals surface area contributed by atoms with Crippen LogP contribution in [-0.2, 0) is 7.05 Å². The summed E-state index contributed by atoms with van der Waals surface area (Å²) in [5.41, 5.74) is 5.56. The Labute approximate surface area is 69.3 Å². The highest BCUT2D eigenvalue weighted by molar-refractivity contribution is 7.99. The van der Waals surface area contributed by atoms with Crippen molar-refractivity contribution in [3.63, 3.8) is 0 Å². The van der Waals surface area contributed by atoms with Crippen LogP contribution in [0.3, 0.4) is 0 Å². The van der Waals surface area contributed by atoms with Crippen molar-refractivity contribution in [2.24, 2.45) is 12.8 Å². The maximum atomic E-state index is 5.56. The molecule has 0 aromatic carbocycles. The van der Waals surface area contributed by atoms with Gasteiger partial charge in [0.1, 0.15) is 0 Å². The molecule has 0 unspecified atom stereocenters. The molecule has 6 heteroatoms. The summed E-state index contributed by atoms with van der Waals surface area (Å²) in [6, 6.07) is 0.177. The second kappa shape index (κ2) is 3.68. The minimum Gasteiger partial charge on any atom is -0.327 e. The van der Waals surface area contributed by atoms with E-state index in [-0.39, 0.29) is 6.04 Å². The van der Waals surface area contributed by atoms with Gasteiger partial charge < -0.3 is 5.73 Å². The Bertz CT molecular complexity index is 220. The lowest BCUT2D eigenvalue weighted by molar-refractivity contribution is 0.664. The number of hydrogen-bond donors (Lipinski definition) is 1. The Morgan fingerprint density at radius 2 is 2.45 bits per heavy atom. The summed E-state index contributed by atoms with van der Waals surface area (Å²) in [4.78, 5) is 0. The van der Waals surface area contributed by atoms with Crippen LogP contribution in [0, 0.1) is 0 Å². The van der Waals surface area contributed by atoms with Gasteiger partial charge in [-0.25, -0.2) is 4.68 Å². The Morgan fingerprint density at radius 3 is 2.91 bits per heavy atom. The van der Waals surface area contributed by atoms with Crippen molar-refractivity contribution in [2.45, 2.75) is 18.1 Å². The van der Waals surface area contributed by atoms with Crippen molar-refractivity contribution in [3.8, 4) is 0 Å². The smallest absolute Gasteiger partial charge is 0.209 e. The Kier molecular flexibility index (Phi) is 2.84. The normalized spacial score (nSPS) is 13.4. The van der Waals surface area contributed by atoms with Crippen LogP contribution < -0.4 is 5.73 Å². The van der Waals surface area contributed by atoms with Crippen LogP contribution in [0.25, 0.3) is 0 Å². The summed E-state index contributed by atoms with van der Waals surface area (Å²) >= 11 is 1.56. The number of aromatic nitrogens is 4. The first-order valence-corrected chi connectivity index (χ1v) is 4.29. The second-order valence-electron chi connectivity index (χ2n) is 2.37. The summed E-state index contributed by atoms with van der Waals surface area (Å²) in [7, 11) is 1.81. The molecule has 11 heavy (non-hydrogen) atoms. The molecular formula is C5H11N5S. The van der Waals surface area contributed by atoms with Crippen LogP contribution in [-0.4, -0.2) is 32.0 Å². The van der Waals surface area contributed by atoms with Gasteiger partial charge in [-0.1, -0.05) is 11.8 Å². The van der Waals surface area contributed by atoms with Gasteiger partial charge in [-0.15, -0.1) is 5.10 Å². The van der Waals surface area contributed by atoms with Crippen LogP contribution in [0.5, 0.6) is 0 Å². The summed E-state index contributed by atoms with van der Waals surface area (Å²) in [5.74, 6) is 0.841. The largest absolute Gasteiger partial charge is 0.327 e. The van der Waals surface area contributed by atoms with E-state index < -0.39 is 0 Å². The van der Waals surface area contributed by atoms with Crippen molar-refractivity contribution >= 4 is 11.8 Å². The van der Waals surface area contributed by atoms with E-state index in [9.17, 15) is 0 Å². The first-order valence-electron chi connectivity index (χ1n) is 3.31. The van der Waals surface area contributed by atoms with Crippen molar-refractivity contribution in [2.75, 3.05) is 5.75 Å². The first-order chi connectivity index (χ1) is 5.20. The molecule has 0 radical (unpaired) electrons. The second-order valence-corrected chi connectivity index (χ2v) is 3.36. The molecule has 1 atom stereocenters. The molecule has 1 aromatic rings. The average Bonchev–Trinajstić information content (AvgIpc) is 2.31. The van der Waals surface area contributed by atoms with Crippen LogP contribution in [0.2, 0.25) is 0 Å². The fourth-order valence-corrected chi connectivity index (χ4v) is 1.28. The van der Waals surface area contributed by atoms with Crippen LogP contribution in [0.4, 0.5) is 0 Å². The summed E-state index contributed by atoms with van der Waals surface area (Å²) in [6.07, 6.45) is 0. The standard InChI is InChI=1S/C5H11N5S/c1-4(6)3-11-5-7-8-9-10(5)2/h4H,3,6H2,1-2H3/t4-/m0/s1. The van der Waals surface area contributed by atoms with Gasteiger partial charge in [0.25, 0.3) is 0 Å². The summed E-state index contributed by atoms with van der Waals surface area (Å²) in [6.45, 7) is 1.96. The number of tetrazole rings is 1. The zero-order valence-electron chi connectivity index (χ0n) is 6.56. The molecule has 5 nitrogen and oxygen atoms in total. The lowest BCUT2D eigenvalue weighted by atomic mass is 10.4. The molecule has 62 valence electrons. The molecule has 0 fully saturated rings. The van der Waals surface area contributed by atoms with E-state index in [0.717, 1.165) is 10.9 Å². The highest BCUT2D eigenvalue weighted by Gasteiger charge is 2.03. The predicted octanol–water partition coefficient (Wildman–Crippen LogP) is -0.351. The van der Waals surface area contributed by atoms with E-state index in [1.54, 1.807) is 16.4 Å². The third-order valence-corrected chi connectivity index (χ3v) is 2.35. The molecule has 0 saturated carbocycles. The molecule has 0 bridgehead atoms. The quantitative estimate of drug-likeness (QED) is 0.633. The molecule has 0 amide bonds. The van der Waals surface area contributed by atoms with Gasteiger partial charge in [-0.05, 0) is 17.4 Å². The Morgan fingerprint density at radius 1 is 1.73 bits per heavy atom. The van der Waals surface area contributed by atoms with E-state index in [1.165, 1.54) is 0 Å². The molecule has 0 aliphatic heterocycles. The summed E-state index contributed by atoms with van der Waals surface area (Å²) in [5, 5.41) is 11.8. The van der Waals surface area contributed by atoms with Gasteiger partial charge in [-0.2, -0.15) is 0 Å². The topological polar surface area (TPSA) is 69.6 Å².